The maximum atomic E-state index is 10.5. The third-order valence-corrected chi connectivity index (χ3v) is 4.37. The van der Waals surface area contributed by atoms with Crippen LogP contribution in [-0.2, 0) is 0 Å². The number of aromatic hydroxyl groups is 1. The lowest BCUT2D eigenvalue weighted by atomic mass is 9.93. The first kappa shape index (κ1) is 12.8. The average molecular weight is 285 g/mol. The number of aryl methyl sites for hydroxylation is 2. The Kier molecular flexibility index (Phi) is 2.76. The highest BCUT2D eigenvalue weighted by Gasteiger charge is 2.26. The number of phenolic OH excluding ortho intramolecular Hbond substituents is 1. The highest BCUT2D eigenvalue weighted by Crippen LogP contribution is 2.44. The Morgan fingerprint density at radius 2 is 1.76 bits per heavy atom. The quantitative estimate of drug-likeness (QED) is 0.699. The zero-order chi connectivity index (χ0) is 14.6. The van der Waals surface area contributed by atoms with Crippen molar-refractivity contribution in [1.29, 1.82) is 0 Å². The monoisotopic (exact) mass is 285 g/mol. The Balaban J connectivity index is 2.09. The normalized spacial score (nSPS) is 19.6. The molecule has 110 valence electrons. The zero-order valence-electron chi connectivity index (χ0n) is 12.3. The first-order chi connectivity index (χ1) is 10.1. The Morgan fingerprint density at radius 1 is 1.05 bits per heavy atom. The van der Waals surface area contributed by atoms with Crippen LogP contribution in [0.5, 0.6) is 5.75 Å². The van der Waals surface area contributed by atoms with Gasteiger partial charge >= 0.3 is 0 Å². The molecule has 21 heavy (non-hydrogen) atoms. The van der Waals surface area contributed by atoms with Gasteiger partial charge in [-0.2, -0.15) is 0 Å². The van der Waals surface area contributed by atoms with Crippen LogP contribution in [0.1, 0.15) is 42.4 Å². The molecule has 0 bridgehead atoms. The standard InChI is InChI=1S/C17H19NO3/c1-9-7-11-14(13-5-3-4-6-18-13)16-12(8-10(2)20-16)15(19)17(11)21-9/h7-8,13,18-19H,3-6H2,1-2H3. The molecule has 3 heterocycles. The SMILES string of the molecule is Cc1cc2c(C3CCCCN3)c3oc(C)cc3c(O)c2o1. The highest BCUT2D eigenvalue weighted by molar-refractivity contribution is 6.04. The topological polar surface area (TPSA) is 58.5 Å². The molecule has 2 aromatic heterocycles. The molecule has 1 saturated heterocycles. The number of rotatable bonds is 1. The number of nitrogens with one attached hydrogen (secondary N) is 1. The molecule has 1 aliphatic heterocycles. The van der Waals surface area contributed by atoms with E-state index >= 15 is 0 Å². The van der Waals surface area contributed by atoms with Gasteiger partial charge in [0.2, 0.25) is 0 Å². The van der Waals surface area contributed by atoms with Crippen molar-refractivity contribution in [3.8, 4) is 5.75 Å². The molecule has 3 aromatic rings. The van der Waals surface area contributed by atoms with E-state index in [1.54, 1.807) is 0 Å². The van der Waals surface area contributed by atoms with Crippen LogP contribution in [-0.4, -0.2) is 11.7 Å². The number of hydrogen-bond donors (Lipinski definition) is 2. The number of piperidine rings is 1. The predicted octanol–water partition coefficient (Wildman–Crippen LogP) is 4.32. The minimum Gasteiger partial charge on any atom is -0.504 e. The molecule has 4 nitrogen and oxygen atoms in total. The maximum absolute atomic E-state index is 10.5. The first-order valence-electron chi connectivity index (χ1n) is 7.53. The summed E-state index contributed by atoms with van der Waals surface area (Å²) in [5.41, 5.74) is 2.49. The molecule has 0 spiro atoms. The van der Waals surface area contributed by atoms with Gasteiger partial charge in [-0.15, -0.1) is 0 Å². The Morgan fingerprint density at radius 3 is 2.48 bits per heavy atom. The van der Waals surface area contributed by atoms with E-state index in [0.29, 0.717) is 5.58 Å². The van der Waals surface area contributed by atoms with E-state index in [4.69, 9.17) is 8.83 Å². The lowest BCUT2D eigenvalue weighted by Gasteiger charge is -2.24. The molecule has 0 amide bonds. The van der Waals surface area contributed by atoms with E-state index in [2.05, 4.69) is 5.32 Å². The molecule has 4 rings (SSSR count). The third kappa shape index (κ3) is 1.86. The van der Waals surface area contributed by atoms with Gasteiger partial charge in [0.1, 0.15) is 17.1 Å². The van der Waals surface area contributed by atoms with E-state index in [1.807, 2.05) is 26.0 Å². The summed E-state index contributed by atoms with van der Waals surface area (Å²) in [6.07, 6.45) is 3.50. The van der Waals surface area contributed by atoms with Crippen molar-refractivity contribution in [3.05, 3.63) is 29.2 Å². The Bertz CT molecular complexity index is 764. The minimum atomic E-state index is 0.185. The number of benzene rings is 1. The summed E-state index contributed by atoms with van der Waals surface area (Å²) in [7, 11) is 0. The average Bonchev–Trinajstić information content (AvgIpc) is 3.03. The van der Waals surface area contributed by atoms with Crippen LogP contribution in [0.2, 0.25) is 0 Å². The second kappa shape index (κ2) is 4.53. The number of fused-ring (bicyclic) bond motifs is 2. The number of phenols is 1. The van der Waals surface area contributed by atoms with Crippen LogP contribution >= 0.6 is 0 Å². The van der Waals surface area contributed by atoms with Crippen molar-refractivity contribution >= 4 is 21.9 Å². The van der Waals surface area contributed by atoms with Crippen LogP contribution in [0.4, 0.5) is 0 Å². The molecule has 1 unspecified atom stereocenters. The Hall–Kier alpha value is -1.94. The highest BCUT2D eigenvalue weighted by atomic mass is 16.4. The summed E-state index contributed by atoms with van der Waals surface area (Å²) in [5.74, 6) is 1.80. The lowest BCUT2D eigenvalue weighted by molar-refractivity contribution is 0.411. The van der Waals surface area contributed by atoms with Crippen molar-refractivity contribution in [2.24, 2.45) is 0 Å². The van der Waals surface area contributed by atoms with E-state index in [-0.39, 0.29) is 11.8 Å². The van der Waals surface area contributed by atoms with E-state index < -0.39 is 0 Å². The zero-order valence-corrected chi connectivity index (χ0v) is 12.3. The second-order valence-corrected chi connectivity index (χ2v) is 5.96. The number of hydrogen-bond acceptors (Lipinski definition) is 4. The fourth-order valence-electron chi connectivity index (χ4n) is 3.47. The van der Waals surface area contributed by atoms with E-state index in [0.717, 1.165) is 46.4 Å². The molecular formula is C17H19NO3. The summed E-state index contributed by atoms with van der Waals surface area (Å²) in [5, 5.41) is 15.8. The molecule has 1 atom stereocenters. The molecule has 1 fully saturated rings. The molecule has 0 aliphatic carbocycles. The van der Waals surface area contributed by atoms with Gasteiger partial charge in [0, 0.05) is 17.0 Å². The van der Waals surface area contributed by atoms with Gasteiger partial charge in [-0.3, -0.25) is 0 Å². The van der Waals surface area contributed by atoms with E-state index in [9.17, 15) is 5.11 Å². The lowest BCUT2D eigenvalue weighted by Crippen LogP contribution is -2.27. The molecule has 0 saturated carbocycles. The summed E-state index contributed by atoms with van der Waals surface area (Å²) in [4.78, 5) is 0. The molecule has 4 heteroatoms. The maximum Gasteiger partial charge on any atom is 0.177 e. The van der Waals surface area contributed by atoms with Crippen molar-refractivity contribution in [2.45, 2.75) is 39.2 Å². The number of furan rings is 2. The summed E-state index contributed by atoms with van der Waals surface area (Å²) in [6.45, 7) is 4.83. The summed E-state index contributed by atoms with van der Waals surface area (Å²) < 4.78 is 11.6. The first-order valence-corrected chi connectivity index (χ1v) is 7.53. The largest absolute Gasteiger partial charge is 0.504 e. The molecular weight excluding hydrogens is 266 g/mol. The van der Waals surface area contributed by atoms with Crippen LogP contribution in [0, 0.1) is 13.8 Å². The van der Waals surface area contributed by atoms with Crippen LogP contribution in [0.15, 0.2) is 21.0 Å². The van der Waals surface area contributed by atoms with Crippen molar-refractivity contribution in [1.82, 2.24) is 5.32 Å². The third-order valence-electron chi connectivity index (χ3n) is 4.37. The predicted molar refractivity (Wildman–Crippen MR) is 81.7 cm³/mol. The smallest absolute Gasteiger partial charge is 0.177 e. The van der Waals surface area contributed by atoms with Crippen molar-refractivity contribution in [3.63, 3.8) is 0 Å². The Labute approximate surface area is 122 Å². The van der Waals surface area contributed by atoms with Gasteiger partial charge in [-0.1, -0.05) is 6.42 Å². The van der Waals surface area contributed by atoms with Crippen molar-refractivity contribution in [2.75, 3.05) is 6.54 Å². The van der Waals surface area contributed by atoms with Crippen LogP contribution < -0.4 is 5.32 Å². The molecule has 1 aromatic carbocycles. The summed E-state index contributed by atoms with van der Waals surface area (Å²) in [6, 6.07) is 4.14. The van der Waals surface area contributed by atoms with Gasteiger partial charge in [-0.05, 0) is 45.4 Å². The second-order valence-electron chi connectivity index (χ2n) is 5.96. The fraction of sp³-hybridized carbons (Fsp3) is 0.412. The van der Waals surface area contributed by atoms with Gasteiger partial charge in [-0.25, -0.2) is 0 Å². The van der Waals surface area contributed by atoms with Crippen LogP contribution in [0.25, 0.3) is 21.9 Å². The molecule has 2 N–H and O–H groups in total. The summed E-state index contributed by atoms with van der Waals surface area (Å²) >= 11 is 0. The fourth-order valence-corrected chi connectivity index (χ4v) is 3.47. The van der Waals surface area contributed by atoms with E-state index in [1.165, 1.54) is 12.8 Å². The molecule has 1 aliphatic rings. The molecule has 0 radical (unpaired) electrons. The minimum absolute atomic E-state index is 0.185. The van der Waals surface area contributed by atoms with Crippen LogP contribution in [0.3, 0.4) is 0 Å². The van der Waals surface area contributed by atoms with Gasteiger partial charge < -0.3 is 19.3 Å². The van der Waals surface area contributed by atoms with Gasteiger partial charge in [0.05, 0.1) is 5.39 Å². The van der Waals surface area contributed by atoms with Crippen molar-refractivity contribution < 1.29 is 13.9 Å². The van der Waals surface area contributed by atoms with Gasteiger partial charge in [0.15, 0.2) is 11.3 Å². The van der Waals surface area contributed by atoms with Gasteiger partial charge in [0.25, 0.3) is 0 Å².